The Bertz CT molecular complexity index is 426. The minimum absolute atomic E-state index is 0.0993. The lowest BCUT2D eigenvalue weighted by Crippen LogP contribution is -2.39. The van der Waals surface area contributed by atoms with Crippen LogP contribution in [0.15, 0.2) is 6.07 Å². The van der Waals surface area contributed by atoms with Crippen LogP contribution in [-0.4, -0.2) is 42.1 Å². The Morgan fingerprint density at radius 2 is 2.20 bits per heavy atom. The highest BCUT2D eigenvalue weighted by atomic mass is 16.5. The van der Waals surface area contributed by atoms with Crippen molar-refractivity contribution in [1.82, 2.24) is 9.97 Å². The highest BCUT2D eigenvalue weighted by Gasteiger charge is 2.16. The summed E-state index contributed by atoms with van der Waals surface area (Å²) in [5, 5.41) is 3.14. The van der Waals surface area contributed by atoms with Crippen molar-refractivity contribution < 1.29 is 9.53 Å². The minimum Gasteiger partial charge on any atom is -0.377 e. The number of ether oxygens (including phenoxy) is 1. The number of nitrogens with one attached hydrogen (secondary N) is 1. The highest BCUT2D eigenvalue weighted by Crippen LogP contribution is 2.18. The second-order valence-electron chi connectivity index (χ2n) is 4.68. The fourth-order valence-electron chi connectivity index (χ4n) is 1.79. The number of carbonyl (C=O) groups excluding carboxylic acids is 1. The van der Waals surface area contributed by atoms with Gasteiger partial charge >= 0.3 is 0 Å². The van der Waals surface area contributed by atoms with E-state index in [4.69, 9.17) is 10.5 Å². The molecule has 0 aliphatic heterocycles. The summed E-state index contributed by atoms with van der Waals surface area (Å²) >= 11 is 0. The maximum absolute atomic E-state index is 11.2. The van der Waals surface area contributed by atoms with E-state index < -0.39 is 5.91 Å². The maximum atomic E-state index is 11.2. The van der Waals surface area contributed by atoms with Crippen LogP contribution in [0.5, 0.6) is 0 Å². The number of hydrogen-bond donors (Lipinski definition) is 2. The largest absolute Gasteiger partial charge is 0.377 e. The second-order valence-corrected chi connectivity index (χ2v) is 4.68. The predicted octanol–water partition coefficient (Wildman–Crippen LogP) is 0.755. The first-order valence-corrected chi connectivity index (χ1v) is 6.63. The first kappa shape index (κ1) is 16.2. The van der Waals surface area contributed by atoms with Crippen molar-refractivity contribution in [2.45, 2.75) is 33.4 Å². The van der Waals surface area contributed by atoms with Crippen LogP contribution in [0.4, 0.5) is 11.6 Å². The fourth-order valence-corrected chi connectivity index (χ4v) is 1.79. The van der Waals surface area contributed by atoms with Crippen LogP contribution in [0.2, 0.25) is 0 Å². The average Bonchev–Trinajstić information content (AvgIpc) is 2.36. The number of carbonyl (C=O) groups is 1. The van der Waals surface area contributed by atoms with Gasteiger partial charge in [0.25, 0.3) is 0 Å². The minimum atomic E-state index is -0.393. The molecule has 1 aromatic heterocycles. The summed E-state index contributed by atoms with van der Waals surface area (Å²) in [5.41, 5.74) is 5.30. The Labute approximate surface area is 119 Å². The number of amides is 1. The molecule has 1 heterocycles. The first-order valence-electron chi connectivity index (χ1n) is 6.63. The number of primary amides is 1. The summed E-state index contributed by atoms with van der Waals surface area (Å²) in [4.78, 5) is 21.8. The normalized spacial score (nSPS) is 10.7. The Kier molecular flexibility index (Phi) is 6.17. The van der Waals surface area contributed by atoms with E-state index in [1.54, 1.807) is 7.11 Å². The van der Waals surface area contributed by atoms with E-state index in [0.29, 0.717) is 24.1 Å². The number of nitrogens with two attached hydrogens (primary N) is 1. The molecular formula is C13H23N5O2. The second kappa shape index (κ2) is 7.64. The predicted molar refractivity (Wildman–Crippen MR) is 78.6 cm³/mol. The molecule has 1 aromatic rings. The quantitative estimate of drug-likeness (QED) is 0.730. The van der Waals surface area contributed by atoms with Gasteiger partial charge in [-0.2, -0.15) is 0 Å². The molecule has 1 rings (SSSR count). The monoisotopic (exact) mass is 281 g/mol. The molecule has 0 radical (unpaired) electrons. The molecule has 0 saturated carbocycles. The number of nitrogens with zero attached hydrogens (tertiary/aromatic N) is 3. The Morgan fingerprint density at radius 3 is 2.70 bits per heavy atom. The summed E-state index contributed by atoms with van der Waals surface area (Å²) < 4.78 is 5.07. The molecule has 20 heavy (non-hydrogen) atoms. The van der Waals surface area contributed by atoms with E-state index in [1.165, 1.54) is 0 Å². The van der Waals surface area contributed by atoms with Crippen molar-refractivity contribution in [2.75, 3.05) is 30.4 Å². The molecule has 0 aliphatic carbocycles. The third kappa shape index (κ3) is 4.65. The number of aromatic nitrogens is 2. The molecule has 7 nitrogen and oxygen atoms in total. The summed E-state index contributed by atoms with van der Waals surface area (Å²) in [6, 6.07) is 1.91. The van der Waals surface area contributed by atoms with Crippen LogP contribution in [-0.2, 0) is 16.1 Å². The zero-order chi connectivity index (χ0) is 15.1. The lowest BCUT2D eigenvalue weighted by atomic mass is 10.3. The van der Waals surface area contributed by atoms with Crippen LogP contribution in [0.1, 0.15) is 26.6 Å². The highest BCUT2D eigenvalue weighted by molar-refractivity contribution is 5.79. The number of rotatable bonds is 8. The Balaban J connectivity index is 3.13. The maximum Gasteiger partial charge on any atom is 0.237 e. The molecule has 0 atom stereocenters. The summed E-state index contributed by atoms with van der Waals surface area (Å²) in [7, 11) is 1.59. The number of hydrogen-bond acceptors (Lipinski definition) is 6. The van der Waals surface area contributed by atoms with Gasteiger partial charge in [0.05, 0.1) is 6.54 Å². The lowest BCUT2D eigenvalue weighted by molar-refractivity contribution is -0.116. The van der Waals surface area contributed by atoms with Crippen molar-refractivity contribution in [3.8, 4) is 0 Å². The van der Waals surface area contributed by atoms with Crippen molar-refractivity contribution in [3.63, 3.8) is 0 Å². The molecule has 0 fully saturated rings. The van der Waals surface area contributed by atoms with Gasteiger partial charge in [0.15, 0.2) is 5.82 Å². The van der Waals surface area contributed by atoms with E-state index in [-0.39, 0.29) is 12.6 Å². The Morgan fingerprint density at radius 1 is 1.50 bits per heavy atom. The molecule has 7 heteroatoms. The zero-order valence-electron chi connectivity index (χ0n) is 12.5. The smallest absolute Gasteiger partial charge is 0.237 e. The average molecular weight is 281 g/mol. The number of anilines is 2. The standard InChI is InChI=1S/C13H23N5O2/c1-5-15-11-6-13(17-12(16-11)8-20-4)18(9(2)3)7-10(14)19/h6,9H,5,7-8H2,1-4H3,(H2,14,19)(H,15,16,17). The third-order valence-electron chi connectivity index (χ3n) is 2.63. The molecule has 112 valence electrons. The van der Waals surface area contributed by atoms with E-state index in [0.717, 1.165) is 6.54 Å². The van der Waals surface area contributed by atoms with Crippen molar-refractivity contribution in [3.05, 3.63) is 11.9 Å². The van der Waals surface area contributed by atoms with E-state index in [2.05, 4.69) is 15.3 Å². The van der Waals surface area contributed by atoms with Crippen LogP contribution < -0.4 is 16.0 Å². The van der Waals surface area contributed by atoms with Gasteiger partial charge in [-0.3, -0.25) is 4.79 Å². The molecule has 0 unspecified atom stereocenters. The fraction of sp³-hybridized carbons (Fsp3) is 0.615. The van der Waals surface area contributed by atoms with Gasteiger partial charge < -0.3 is 20.7 Å². The molecule has 1 amide bonds. The molecule has 0 saturated heterocycles. The van der Waals surface area contributed by atoms with Crippen LogP contribution in [0.25, 0.3) is 0 Å². The van der Waals surface area contributed by atoms with Gasteiger partial charge in [0.1, 0.15) is 18.2 Å². The van der Waals surface area contributed by atoms with Crippen molar-refractivity contribution in [1.29, 1.82) is 0 Å². The van der Waals surface area contributed by atoms with Gasteiger partial charge in [-0.15, -0.1) is 0 Å². The lowest BCUT2D eigenvalue weighted by Gasteiger charge is -2.27. The van der Waals surface area contributed by atoms with Crippen molar-refractivity contribution >= 4 is 17.5 Å². The van der Waals surface area contributed by atoms with E-state index in [9.17, 15) is 4.79 Å². The van der Waals surface area contributed by atoms with Crippen LogP contribution >= 0.6 is 0 Å². The van der Waals surface area contributed by atoms with E-state index >= 15 is 0 Å². The molecule has 3 N–H and O–H groups in total. The molecular weight excluding hydrogens is 258 g/mol. The number of methoxy groups -OCH3 is 1. The van der Waals surface area contributed by atoms with Gasteiger partial charge in [-0.1, -0.05) is 0 Å². The van der Waals surface area contributed by atoms with Gasteiger partial charge in [-0.05, 0) is 20.8 Å². The third-order valence-corrected chi connectivity index (χ3v) is 2.63. The summed E-state index contributed by atoms with van der Waals surface area (Å²) in [6.45, 7) is 7.13. The first-order chi connectivity index (χ1) is 9.47. The molecule has 0 aliphatic rings. The van der Waals surface area contributed by atoms with Gasteiger partial charge in [0.2, 0.25) is 5.91 Å². The molecule has 0 aromatic carbocycles. The van der Waals surface area contributed by atoms with Crippen LogP contribution in [0.3, 0.4) is 0 Å². The molecule has 0 spiro atoms. The SMILES string of the molecule is CCNc1cc(N(CC(N)=O)C(C)C)nc(COC)n1. The molecule has 0 bridgehead atoms. The zero-order valence-corrected chi connectivity index (χ0v) is 12.5. The van der Waals surface area contributed by atoms with Crippen molar-refractivity contribution in [2.24, 2.45) is 5.73 Å². The van der Waals surface area contributed by atoms with Crippen LogP contribution in [0, 0.1) is 0 Å². The van der Waals surface area contributed by atoms with Gasteiger partial charge in [-0.25, -0.2) is 9.97 Å². The Hall–Kier alpha value is -1.89. The van der Waals surface area contributed by atoms with Gasteiger partial charge in [0, 0.05) is 25.8 Å². The summed E-state index contributed by atoms with van der Waals surface area (Å²) in [5.74, 6) is 1.54. The topological polar surface area (TPSA) is 93.4 Å². The summed E-state index contributed by atoms with van der Waals surface area (Å²) in [6.07, 6.45) is 0. The van der Waals surface area contributed by atoms with E-state index in [1.807, 2.05) is 31.7 Å².